The van der Waals surface area contributed by atoms with Crippen LogP contribution in [0.2, 0.25) is 0 Å². The summed E-state index contributed by atoms with van der Waals surface area (Å²) in [5.41, 5.74) is 10.2. The van der Waals surface area contributed by atoms with Crippen molar-refractivity contribution in [3.63, 3.8) is 0 Å². The van der Waals surface area contributed by atoms with E-state index in [2.05, 4.69) is 112 Å². The van der Waals surface area contributed by atoms with Crippen LogP contribution in [-0.2, 0) is 30.9 Å². The Morgan fingerprint density at radius 3 is 2.20 bits per heavy atom. The Labute approximate surface area is 284 Å². The Hall–Kier alpha value is -4.05. The topological polar surface area (TPSA) is 25.8 Å². The minimum atomic E-state index is -0.393. The van der Waals surface area contributed by atoms with Gasteiger partial charge in [-0.05, 0) is 74.8 Å². The molecule has 6 aromatic rings. The van der Waals surface area contributed by atoms with Crippen molar-refractivity contribution in [2.24, 2.45) is 0 Å². The molecule has 2 nitrogen and oxygen atoms in total. The molecule has 0 bridgehead atoms. The molecule has 235 valence electrons. The number of hydrogen-bond donors (Lipinski definition) is 0. The number of fused-ring (bicyclic) bond motifs is 5. The van der Waals surface area contributed by atoms with E-state index in [1.165, 1.54) is 62.9 Å². The van der Waals surface area contributed by atoms with Gasteiger partial charge in [0.2, 0.25) is 0 Å². The van der Waals surface area contributed by atoms with Gasteiger partial charge < -0.3 is 9.97 Å². The van der Waals surface area contributed by atoms with Crippen molar-refractivity contribution in [2.75, 3.05) is 0 Å². The molecule has 0 unspecified atom stereocenters. The van der Waals surface area contributed by atoms with Crippen molar-refractivity contribution in [3.05, 3.63) is 144 Å². The van der Waals surface area contributed by atoms with Crippen LogP contribution in [0.5, 0.6) is 0 Å². The summed E-state index contributed by atoms with van der Waals surface area (Å²) in [6.45, 7) is 11.6. The van der Waals surface area contributed by atoms with Crippen LogP contribution in [0.4, 0.5) is 8.78 Å². The Bertz CT molecular complexity index is 1930. The molecule has 46 heavy (non-hydrogen) atoms. The maximum absolute atomic E-state index is 12.6. The normalized spacial score (nSPS) is 12.8. The first-order valence-corrected chi connectivity index (χ1v) is 15.5. The van der Waals surface area contributed by atoms with E-state index < -0.39 is 5.82 Å². The van der Waals surface area contributed by atoms with Crippen LogP contribution in [0.25, 0.3) is 44.4 Å². The maximum atomic E-state index is 12.6. The van der Waals surface area contributed by atoms with E-state index >= 15 is 0 Å². The van der Waals surface area contributed by atoms with Crippen LogP contribution in [0.15, 0.2) is 103 Å². The van der Waals surface area contributed by atoms with Crippen LogP contribution in [-0.4, -0.2) is 9.97 Å². The third-order valence-electron chi connectivity index (χ3n) is 9.51. The smallest absolute Gasteiger partial charge is 0.139 e. The van der Waals surface area contributed by atoms with Crippen LogP contribution in [0, 0.1) is 23.8 Å². The summed E-state index contributed by atoms with van der Waals surface area (Å²) in [5.74, 6) is -0.744. The predicted octanol–water partition coefficient (Wildman–Crippen LogP) is 10.9. The molecule has 2 aromatic heterocycles. The second-order valence-electron chi connectivity index (χ2n) is 12.5. The largest absolute Gasteiger partial charge is 0.304 e. The van der Waals surface area contributed by atoms with E-state index in [4.69, 9.17) is 4.98 Å². The first-order chi connectivity index (χ1) is 21.7. The summed E-state index contributed by atoms with van der Waals surface area (Å²) in [7, 11) is 0. The van der Waals surface area contributed by atoms with Gasteiger partial charge in [0.15, 0.2) is 0 Å². The van der Waals surface area contributed by atoms with E-state index in [-0.39, 0.29) is 36.8 Å². The molecule has 7 rings (SSSR count). The molecule has 0 spiro atoms. The van der Waals surface area contributed by atoms with Crippen LogP contribution in [0.1, 0.15) is 64.2 Å². The number of aromatic nitrogens is 2. The Morgan fingerprint density at radius 2 is 1.50 bits per heavy atom. The van der Waals surface area contributed by atoms with Gasteiger partial charge in [0.1, 0.15) is 5.82 Å². The third kappa shape index (κ3) is 6.07. The number of nitrogens with zero attached hydrogens (tertiary/aromatic N) is 2. The fourth-order valence-electron chi connectivity index (χ4n) is 6.55. The number of benzene rings is 4. The molecule has 5 heteroatoms. The average Bonchev–Trinajstić information content (AvgIpc) is 3.32. The minimum absolute atomic E-state index is 0. The molecule has 0 fully saturated rings. The molecule has 0 saturated heterocycles. The number of pyridine rings is 2. The third-order valence-corrected chi connectivity index (χ3v) is 9.51. The van der Waals surface area contributed by atoms with Crippen molar-refractivity contribution in [2.45, 2.75) is 58.3 Å². The molecule has 0 atom stereocenters. The first-order valence-electron chi connectivity index (χ1n) is 15.5. The van der Waals surface area contributed by atoms with Crippen molar-refractivity contribution in [1.29, 1.82) is 0 Å². The summed E-state index contributed by atoms with van der Waals surface area (Å²) in [6.07, 6.45) is 5.33. The van der Waals surface area contributed by atoms with Gasteiger partial charge in [0, 0.05) is 37.5 Å². The van der Waals surface area contributed by atoms with Gasteiger partial charge in [-0.15, -0.1) is 65.2 Å². The van der Waals surface area contributed by atoms with Gasteiger partial charge in [0.05, 0.1) is 6.20 Å². The second-order valence-corrected chi connectivity index (χ2v) is 12.5. The summed E-state index contributed by atoms with van der Waals surface area (Å²) >= 11 is 0. The molecule has 1 radical (unpaired) electrons. The van der Waals surface area contributed by atoms with Crippen molar-refractivity contribution < 1.29 is 28.9 Å². The van der Waals surface area contributed by atoms with E-state index in [0.717, 1.165) is 30.3 Å². The van der Waals surface area contributed by atoms with E-state index in [9.17, 15) is 8.78 Å². The molecule has 2 heterocycles. The number of rotatable bonds is 5. The summed E-state index contributed by atoms with van der Waals surface area (Å²) in [6, 6.07) is 35.3. The molecule has 1 aliphatic carbocycles. The maximum Gasteiger partial charge on any atom is 0.139 e. The predicted molar refractivity (Wildman–Crippen MR) is 180 cm³/mol. The van der Waals surface area contributed by atoms with Crippen molar-refractivity contribution >= 4 is 10.8 Å². The van der Waals surface area contributed by atoms with Gasteiger partial charge in [-0.1, -0.05) is 77.1 Å². The van der Waals surface area contributed by atoms with Gasteiger partial charge in [-0.2, -0.15) is 0 Å². The average molecular weight is 787 g/mol. The Kier molecular flexibility index (Phi) is 9.67. The Morgan fingerprint density at radius 1 is 0.761 bits per heavy atom. The van der Waals surface area contributed by atoms with Crippen LogP contribution >= 0.6 is 0 Å². The van der Waals surface area contributed by atoms with E-state index in [1.807, 2.05) is 6.20 Å². The molecule has 0 aliphatic heterocycles. The molecular formula is C41H36F2IrN2-2. The zero-order chi connectivity index (χ0) is 31.8. The summed E-state index contributed by atoms with van der Waals surface area (Å²) in [4.78, 5) is 8.77. The molecule has 1 aliphatic rings. The fraction of sp³-hybridized carbons (Fsp3) is 0.220. The standard InChI is InChI=1S/C30H30N.C11H6F2N.Ir/c1-6-30(5,7-2)22-13-10-12-21(19-22)28-27-25(17-18-31-28)24-16-15-20-11-8-9-14-23(20)26(24)29(27,3)4;12-9-3-1-8(2-4-9)11-6-5-10(13)7-14-11;/h8-11,13-19H,6-7H2,1-5H3;1,3-7H;/q2*-1;. The fourth-order valence-corrected chi connectivity index (χ4v) is 6.55. The molecular weight excluding hydrogens is 751 g/mol. The van der Waals surface area contributed by atoms with Gasteiger partial charge >= 0.3 is 0 Å². The van der Waals surface area contributed by atoms with E-state index in [0.29, 0.717) is 11.3 Å². The van der Waals surface area contributed by atoms with Crippen molar-refractivity contribution in [1.82, 2.24) is 9.97 Å². The second kappa shape index (κ2) is 13.4. The minimum Gasteiger partial charge on any atom is -0.304 e. The van der Waals surface area contributed by atoms with Gasteiger partial charge in [-0.3, -0.25) is 4.39 Å². The zero-order valence-corrected chi connectivity index (χ0v) is 29.1. The first kappa shape index (κ1) is 33.3. The van der Waals surface area contributed by atoms with Crippen LogP contribution in [0.3, 0.4) is 0 Å². The Balaban J connectivity index is 0.000000234. The van der Waals surface area contributed by atoms with E-state index in [1.54, 1.807) is 6.07 Å². The quantitative estimate of drug-likeness (QED) is 0.163. The molecule has 4 aromatic carbocycles. The molecule has 0 amide bonds. The van der Waals surface area contributed by atoms with Crippen LogP contribution < -0.4 is 0 Å². The van der Waals surface area contributed by atoms with Crippen molar-refractivity contribution in [3.8, 4) is 33.6 Å². The monoisotopic (exact) mass is 787 g/mol. The number of hydrogen-bond acceptors (Lipinski definition) is 2. The summed E-state index contributed by atoms with van der Waals surface area (Å²) in [5, 5.41) is 2.64. The number of halogens is 2. The molecule has 0 N–H and O–H groups in total. The zero-order valence-electron chi connectivity index (χ0n) is 26.7. The molecule has 0 saturated carbocycles. The summed E-state index contributed by atoms with van der Waals surface area (Å²) < 4.78 is 25.1. The van der Waals surface area contributed by atoms with Gasteiger partial charge in [-0.25, -0.2) is 4.39 Å². The van der Waals surface area contributed by atoms with Gasteiger partial charge in [0.25, 0.3) is 0 Å². The SMILES string of the molecule is CCC(C)(CC)c1cc[c-]c(-c2nccc3c2C(C)(C)c2c-3ccc3ccccc23)c1.Fc1c[c-]c(-c2ccc(F)cn2)cc1.[Ir].